The quantitative estimate of drug-likeness (QED) is 0.334. The number of hydrogen-bond acceptors (Lipinski definition) is 2. The zero-order chi connectivity index (χ0) is 7.98. The fraction of sp³-hybridized carbons (Fsp3) is 0.125. The van der Waals surface area contributed by atoms with Crippen LogP contribution in [0.2, 0.25) is 0 Å². The summed E-state index contributed by atoms with van der Waals surface area (Å²) in [7, 11) is 0. The van der Waals surface area contributed by atoms with Crippen molar-refractivity contribution in [3.8, 4) is 0 Å². The second-order valence-electron chi connectivity index (χ2n) is 1.58. The van der Waals surface area contributed by atoms with Crippen LogP contribution < -0.4 is 0 Å². The van der Waals surface area contributed by atoms with Crippen LogP contribution >= 0.6 is 0 Å². The van der Waals surface area contributed by atoms with Gasteiger partial charge >= 0.3 is 5.97 Å². The minimum absolute atomic E-state index is 0.412. The molecular weight excluding hydrogens is 128 g/mol. The first-order chi connectivity index (χ1) is 4.74. The van der Waals surface area contributed by atoms with Crippen molar-refractivity contribution in [2.45, 2.75) is 6.10 Å². The molecule has 0 N–H and O–H groups in total. The van der Waals surface area contributed by atoms with E-state index in [0.717, 1.165) is 6.08 Å². The van der Waals surface area contributed by atoms with E-state index in [9.17, 15) is 4.79 Å². The summed E-state index contributed by atoms with van der Waals surface area (Å²) in [5.74, 6) is -0.468. The highest BCUT2D eigenvalue weighted by molar-refractivity contribution is 5.81. The largest absolute Gasteiger partial charge is 0.451 e. The zero-order valence-electron chi connectivity index (χ0n) is 5.75. The van der Waals surface area contributed by atoms with Crippen LogP contribution in [0.4, 0.5) is 0 Å². The Balaban J connectivity index is 3.84. The van der Waals surface area contributed by atoms with Gasteiger partial charge in [0.15, 0.2) is 0 Å². The lowest BCUT2D eigenvalue weighted by Gasteiger charge is -2.05. The SMILES string of the molecule is C=CC(=O)OC(C=C)C=C. The predicted octanol–water partition coefficient (Wildman–Crippen LogP) is 1.46. The maximum absolute atomic E-state index is 10.5. The molecule has 0 fully saturated rings. The summed E-state index contributed by atoms with van der Waals surface area (Å²) < 4.78 is 4.70. The highest BCUT2D eigenvalue weighted by Gasteiger charge is 2.01. The van der Waals surface area contributed by atoms with Crippen molar-refractivity contribution in [2.75, 3.05) is 0 Å². The zero-order valence-corrected chi connectivity index (χ0v) is 5.75. The third-order valence-electron chi connectivity index (χ3n) is 0.884. The Hall–Kier alpha value is -1.31. The Morgan fingerprint density at radius 1 is 1.30 bits per heavy atom. The molecule has 2 heteroatoms. The number of carbonyl (C=O) groups is 1. The second-order valence-corrected chi connectivity index (χ2v) is 1.58. The standard InChI is InChI=1S/C8H10O2/c1-4-7(5-2)10-8(9)6-3/h4-7H,1-3H2. The van der Waals surface area contributed by atoms with Gasteiger partial charge in [-0.1, -0.05) is 19.7 Å². The number of carbonyl (C=O) groups excluding carboxylic acids is 1. The van der Waals surface area contributed by atoms with Crippen LogP contribution in [0.15, 0.2) is 38.0 Å². The van der Waals surface area contributed by atoms with Crippen molar-refractivity contribution in [3.63, 3.8) is 0 Å². The topological polar surface area (TPSA) is 26.3 Å². The minimum atomic E-state index is -0.468. The fourth-order valence-electron chi connectivity index (χ4n) is 0.375. The first-order valence-electron chi connectivity index (χ1n) is 2.82. The Morgan fingerprint density at radius 2 is 1.80 bits per heavy atom. The first kappa shape index (κ1) is 8.69. The fourth-order valence-corrected chi connectivity index (χ4v) is 0.375. The normalized spacial score (nSPS) is 8.50. The Labute approximate surface area is 60.5 Å². The number of esters is 1. The summed E-state index contributed by atoms with van der Waals surface area (Å²) in [6, 6.07) is 0. The van der Waals surface area contributed by atoms with E-state index in [4.69, 9.17) is 4.74 Å². The molecule has 0 amide bonds. The third kappa shape index (κ3) is 2.87. The maximum Gasteiger partial charge on any atom is 0.331 e. The molecule has 0 radical (unpaired) electrons. The van der Waals surface area contributed by atoms with Gasteiger partial charge in [-0.2, -0.15) is 0 Å². The summed E-state index contributed by atoms with van der Waals surface area (Å²) in [4.78, 5) is 10.5. The second kappa shape index (κ2) is 4.56. The molecule has 0 saturated carbocycles. The molecule has 0 aliphatic carbocycles. The van der Waals surface area contributed by atoms with Gasteiger partial charge in [-0.25, -0.2) is 4.79 Å². The molecule has 2 nitrogen and oxygen atoms in total. The van der Waals surface area contributed by atoms with Gasteiger partial charge in [0.2, 0.25) is 0 Å². The van der Waals surface area contributed by atoms with Crippen LogP contribution in [-0.2, 0) is 9.53 Å². The summed E-state index contributed by atoms with van der Waals surface area (Å²) in [6.07, 6.45) is 3.65. The van der Waals surface area contributed by atoms with Gasteiger partial charge in [-0.15, -0.1) is 0 Å². The summed E-state index contributed by atoms with van der Waals surface area (Å²) in [5.41, 5.74) is 0. The maximum atomic E-state index is 10.5. The average molecular weight is 138 g/mol. The molecule has 0 bridgehead atoms. The smallest absolute Gasteiger partial charge is 0.331 e. The van der Waals surface area contributed by atoms with Gasteiger partial charge in [0.25, 0.3) is 0 Å². The van der Waals surface area contributed by atoms with Crippen LogP contribution in [0.5, 0.6) is 0 Å². The molecule has 10 heavy (non-hydrogen) atoms. The molecule has 0 aromatic heterocycles. The summed E-state index contributed by atoms with van der Waals surface area (Å²) in [6.45, 7) is 10.1. The first-order valence-corrected chi connectivity index (χ1v) is 2.82. The van der Waals surface area contributed by atoms with Gasteiger partial charge in [-0.05, 0) is 12.2 Å². The average Bonchev–Trinajstić information content (AvgIpc) is 1.99. The molecule has 0 aromatic carbocycles. The van der Waals surface area contributed by atoms with E-state index in [1.54, 1.807) is 0 Å². The van der Waals surface area contributed by atoms with Crippen LogP contribution in [0, 0.1) is 0 Å². The van der Waals surface area contributed by atoms with Gasteiger partial charge < -0.3 is 4.74 Å². The summed E-state index contributed by atoms with van der Waals surface area (Å²) >= 11 is 0. The molecular formula is C8H10O2. The van der Waals surface area contributed by atoms with E-state index < -0.39 is 12.1 Å². The van der Waals surface area contributed by atoms with E-state index in [2.05, 4.69) is 19.7 Å². The monoisotopic (exact) mass is 138 g/mol. The van der Waals surface area contributed by atoms with Crippen LogP contribution in [0.3, 0.4) is 0 Å². The molecule has 0 aliphatic heterocycles. The number of hydrogen-bond donors (Lipinski definition) is 0. The lowest BCUT2D eigenvalue weighted by atomic mass is 10.3. The molecule has 0 atom stereocenters. The third-order valence-corrected chi connectivity index (χ3v) is 0.884. The van der Waals surface area contributed by atoms with Crippen molar-refractivity contribution >= 4 is 5.97 Å². The van der Waals surface area contributed by atoms with Crippen LogP contribution in [0.25, 0.3) is 0 Å². The lowest BCUT2D eigenvalue weighted by Crippen LogP contribution is -2.10. The van der Waals surface area contributed by atoms with E-state index in [0.29, 0.717) is 0 Å². The Morgan fingerprint density at radius 3 is 2.10 bits per heavy atom. The van der Waals surface area contributed by atoms with Crippen LogP contribution in [0.1, 0.15) is 0 Å². The molecule has 0 unspecified atom stereocenters. The highest BCUT2D eigenvalue weighted by atomic mass is 16.5. The summed E-state index contributed by atoms with van der Waals surface area (Å²) in [5, 5.41) is 0. The molecule has 0 heterocycles. The molecule has 54 valence electrons. The van der Waals surface area contributed by atoms with Gasteiger partial charge in [0, 0.05) is 6.08 Å². The van der Waals surface area contributed by atoms with Crippen LogP contribution in [-0.4, -0.2) is 12.1 Å². The Bertz CT molecular complexity index is 151. The molecule has 0 rings (SSSR count). The molecule has 0 aromatic rings. The molecule has 0 aliphatic rings. The van der Waals surface area contributed by atoms with Gasteiger partial charge in [-0.3, -0.25) is 0 Å². The molecule has 0 saturated heterocycles. The van der Waals surface area contributed by atoms with E-state index in [-0.39, 0.29) is 0 Å². The van der Waals surface area contributed by atoms with E-state index in [1.807, 2.05) is 0 Å². The molecule has 0 spiro atoms. The number of rotatable bonds is 4. The highest BCUT2D eigenvalue weighted by Crippen LogP contribution is 1.94. The van der Waals surface area contributed by atoms with Crippen molar-refractivity contribution in [3.05, 3.63) is 38.0 Å². The van der Waals surface area contributed by atoms with Crippen molar-refractivity contribution in [1.82, 2.24) is 0 Å². The van der Waals surface area contributed by atoms with Crippen molar-refractivity contribution in [1.29, 1.82) is 0 Å². The van der Waals surface area contributed by atoms with E-state index in [1.165, 1.54) is 12.2 Å². The minimum Gasteiger partial charge on any atom is -0.451 e. The van der Waals surface area contributed by atoms with Crippen molar-refractivity contribution in [2.24, 2.45) is 0 Å². The Kier molecular flexibility index (Phi) is 3.96. The predicted molar refractivity (Wildman–Crippen MR) is 40.5 cm³/mol. The van der Waals surface area contributed by atoms with Gasteiger partial charge in [0.05, 0.1) is 0 Å². The van der Waals surface area contributed by atoms with Crippen molar-refractivity contribution < 1.29 is 9.53 Å². The van der Waals surface area contributed by atoms with Gasteiger partial charge in [0.1, 0.15) is 6.10 Å². The van der Waals surface area contributed by atoms with E-state index >= 15 is 0 Å². The number of ether oxygens (including phenoxy) is 1. The lowest BCUT2D eigenvalue weighted by molar-refractivity contribution is -0.139.